The molecule has 1 saturated heterocycles. The number of amides is 1. The Hall–Kier alpha value is -3.18. The predicted molar refractivity (Wildman–Crippen MR) is 105 cm³/mol. The molecule has 1 aliphatic heterocycles. The third-order valence-corrected chi connectivity index (χ3v) is 6.85. The lowest BCUT2D eigenvalue weighted by Gasteiger charge is -2.33. The smallest absolute Gasteiger partial charge is 0.276 e. The Morgan fingerprint density at radius 3 is 2.40 bits per heavy atom. The van der Waals surface area contributed by atoms with Crippen molar-refractivity contribution in [1.82, 2.24) is 29.2 Å². The van der Waals surface area contributed by atoms with Gasteiger partial charge in [0, 0.05) is 38.6 Å². The van der Waals surface area contributed by atoms with Gasteiger partial charge in [-0.15, -0.1) is 5.10 Å². The molecule has 1 aromatic carbocycles. The summed E-state index contributed by atoms with van der Waals surface area (Å²) in [5.41, 5.74) is 1.30. The molecule has 156 valence electrons. The van der Waals surface area contributed by atoms with Crippen LogP contribution in [0.2, 0.25) is 0 Å². The fourth-order valence-corrected chi connectivity index (χ4v) is 4.67. The number of aromatic nitrogens is 4. The Balaban J connectivity index is 1.47. The highest BCUT2D eigenvalue weighted by Gasteiger charge is 2.32. The minimum Gasteiger partial charge on any atom is -0.335 e. The van der Waals surface area contributed by atoms with Crippen molar-refractivity contribution in [2.24, 2.45) is 0 Å². The van der Waals surface area contributed by atoms with Crippen LogP contribution in [0.3, 0.4) is 0 Å². The number of rotatable bonds is 4. The van der Waals surface area contributed by atoms with Crippen LogP contribution < -0.4 is 0 Å². The lowest BCUT2D eigenvalue weighted by molar-refractivity contribution is 0.0691. The van der Waals surface area contributed by atoms with E-state index in [9.17, 15) is 17.6 Å². The van der Waals surface area contributed by atoms with Gasteiger partial charge in [0.2, 0.25) is 10.0 Å². The number of hydrogen-bond donors (Lipinski definition) is 0. The van der Waals surface area contributed by atoms with Gasteiger partial charge in [-0.2, -0.15) is 4.31 Å². The number of carbonyl (C=O) groups is 1. The maximum Gasteiger partial charge on any atom is 0.276 e. The minimum atomic E-state index is -3.65. The van der Waals surface area contributed by atoms with Crippen molar-refractivity contribution >= 4 is 15.9 Å². The van der Waals surface area contributed by atoms with Gasteiger partial charge in [-0.05, 0) is 43.3 Å². The quantitative estimate of drug-likeness (QED) is 0.618. The van der Waals surface area contributed by atoms with Crippen LogP contribution in [-0.2, 0) is 10.0 Å². The second-order valence-corrected chi connectivity index (χ2v) is 8.73. The molecule has 4 rings (SSSR count). The van der Waals surface area contributed by atoms with Crippen molar-refractivity contribution < 1.29 is 17.6 Å². The van der Waals surface area contributed by atoms with Crippen LogP contribution in [0.15, 0.2) is 53.7 Å². The Labute approximate surface area is 172 Å². The van der Waals surface area contributed by atoms with E-state index < -0.39 is 10.0 Å². The summed E-state index contributed by atoms with van der Waals surface area (Å²) in [6.45, 7) is 2.53. The van der Waals surface area contributed by atoms with Crippen molar-refractivity contribution in [3.05, 3.63) is 66.0 Å². The normalized spacial score (nSPS) is 15.3. The summed E-state index contributed by atoms with van der Waals surface area (Å²) in [6.07, 6.45) is 2.82. The lowest BCUT2D eigenvalue weighted by Crippen LogP contribution is -2.50. The highest BCUT2D eigenvalue weighted by molar-refractivity contribution is 7.89. The number of piperazine rings is 1. The number of sulfonamides is 1. The first-order valence-corrected chi connectivity index (χ1v) is 10.7. The van der Waals surface area contributed by atoms with Gasteiger partial charge in [-0.3, -0.25) is 9.78 Å². The largest absolute Gasteiger partial charge is 0.335 e. The van der Waals surface area contributed by atoms with E-state index in [0.717, 1.165) is 0 Å². The first-order chi connectivity index (χ1) is 14.4. The molecule has 0 unspecified atom stereocenters. The number of halogens is 1. The molecule has 1 fully saturated rings. The SMILES string of the molecule is Cc1c(C(=O)N2CCN(S(=O)(=O)c3cccnc3)CC2)nnn1-c1ccc(F)cc1. The standard InChI is InChI=1S/C19H19FN6O3S/c1-14-18(22-23-26(14)16-6-4-15(20)5-7-16)19(27)24-9-11-25(12-10-24)30(28,29)17-3-2-8-21-13-17/h2-8,13H,9-12H2,1H3. The third kappa shape index (κ3) is 3.68. The monoisotopic (exact) mass is 430 g/mol. The van der Waals surface area contributed by atoms with Crippen molar-refractivity contribution in [1.29, 1.82) is 0 Å². The topological polar surface area (TPSA) is 101 Å². The molecule has 11 heteroatoms. The molecule has 9 nitrogen and oxygen atoms in total. The predicted octanol–water partition coefficient (Wildman–Crippen LogP) is 1.26. The van der Waals surface area contributed by atoms with Crippen LogP contribution >= 0.6 is 0 Å². The number of pyridine rings is 1. The molecule has 0 N–H and O–H groups in total. The van der Waals surface area contributed by atoms with E-state index in [1.54, 1.807) is 30.0 Å². The maximum absolute atomic E-state index is 13.1. The Bertz CT molecular complexity index is 1160. The van der Waals surface area contributed by atoms with Crippen molar-refractivity contribution in [2.45, 2.75) is 11.8 Å². The number of benzene rings is 1. The highest BCUT2D eigenvalue weighted by Crippen LogP contribution is 2.19. The summed E-state index contributed by atoms with van der Waals surface area (Å²) in [5.74, 6) is -0.689. The van der Waals surface area contributed by atoms with Crippen LogP contribution in [-0.4, -0.2) is 69.7 Å². The van der Waals surface area contributed by atoms with Gasteiger partial charge in [0.05, 0.1) is 11.4 Å². The summed E-state index contributed by atoms with van der Waals surface area (Å²) < 4.78 is 41.4. The second-order valence-electron chi connectivity index (χ2n) is 6.80. The van der Waals surface area contributed by atoms with Gasteiger partial charge in [0.1, 0.15) is 10.7 Å². The van der Waals surface area contributed by atoms with Crippen LogP contribution in [0.4, 0.5) is 4.39 Å². The Morgan fingerprint density at radius 1 is 1.07 bits per heavy atom. The van der Waals surface area contributed by atoms with E-state index >= 15 is 0 Å². The molecular weight excluding hydrogens is 411 g/mol. The van der Waals surface area contributed by atoms with Gasteiger partial charge in [-0.1, -0.05) is 5.21 Å². The molecule has 3 heterocycles. The average molecular weight is 430 g/mol. The molecule has 0 saturated carbocycles. The van der Waals surface area contributed by atoms with E-state index in [2.05, 4.69) is 15.3 Å². The van der Waals surface area contributed by atoms with Gasteiger partial charge in [0.25, 0.3) is 5.91 Å². The van der Waals surface area contributed by atoms with Gasteiger partial charge < -0.3 is 4.90 Å². The average Bonchev–Trinajstić information content (AvgIpc) is 3.16. The van der Waals surface area contributed by atoms with E-state index in [1.807, 2.05) is 0 Å². The van der Waals surface area contributed by atoms with Gasteiger partial charge in [-0.25, -0.2) is 17.5 Å². The lowest BCUT2D eigenvalue weighted by atomic mass is 10.2. The minimum absolute atomic E-state index is 0.128. The first kappa shape index (κ1) is 20.1. The molecule has 0 bridgehead atoms. The molecule has 3 aromatic rings. The molecule has 30 heavy (non-hydrogen) atoms. The molecule has 1 aliphatic rings. The number of carbonyl (C=O) groups excluding carboxylic acids is 1. The Morgan fingerprint density at radius 2 is 1.77 bits per heavy atom. The summed E-state index contributed by atoms with van der Waals surface area (Å²) in [4.78, 5) is 18.5. The molecule has 0 spiro atoms. The van der Waals surface area contributed by atoms with Gasteiger partial charge in [0.15, 0.2) is 5.69 Å². The van der Waals surface area contributed by atoms with E-state index in [-0.39, 0.29) is 48.5 Å². The van der Waals surface area contributed by atoms with Crippen LogP contribution in [0, 0.1) is 12.7 Å². The van der Waals surface area contributed by atoms with Crippen molar-refractivity contribution in [2.75, 3.05) is 26.2 Å². The summed E-state index contributed by atoms with van der Waals surface area (Å²) in [7, 11) is -3.65. The van der Waals surface area contributed by atoms with Crippen LogP contribution in [0.25, 0.3) is 5.69 Å². The molecule has 0 atom stereocenters. The third-order valence-electron chi connectivity index (χ3n) is 4.97. The summed E-state index contributed by atoms with van der Waals surface area (Å²) >= 11 is 0. The molecule has 0 aliphatic carbocycles. The fraction of sp³-hybridized carbons (Fsp3) is 0.263. The number of nitrogens with zero attached hydrogens (tertiary/aromatic N) is 6. The zero-order valence-corrected chi connectivity index (χ0v) is 17.0. The fourth-order valence-electron chi connectivity index (χ4n) is 3.28. The first-order valence-electron chi connectivity index (χ1n) is 9.25. The molecular formula is C19H19FN6O3S. The molecule has 1 amide bonds. The number of hydrogen-bond acceptors (Lipinski definition) is 6. The van der Waals surface area contributed by atoms with Crippen LogP contribution in [0.1, 0.15) is 16.2 Å². The zero-order chi connectivity index (χ0) is 21.3. The maximum atomic E-state index is 13.1. The molecule has 2 aromatic heterocycles. The van der Waals surface area contributed by atoms with Crippen LogP contribution in [0.5, 0.6) is 0 Å². The Kier molecular flexibility index (Phi) is 5.31. The highest BCUT2D eigenvalue weighted by atomic mass is 32.2. The van der Waals surface area contributed by atoms with Crippen molar-refractivity contribution in [3.63, 3.8) is 0 Å². The summed E-state index contributed by atoms with van der Waals surface area (Å²) in [6, 6.07) is 8.78. The van der Waals surface area contributed by atoms with E-state index in [0.29, 0.717) is 11.4 Å². The van der Waals surface area contributed by atoms with Crippen molar-refractivity contribution in [3.8, 4) is 5.69 Å². The summed E-state index contributed by atoms with van der Waals surface area (Å²) in [5, 5.41) is 8.00. The zero-order valence-electron chi connectivity index (χ0n) is 16.1. The second kappa shape index (κ2) is 7.92. The van der Waals surface area contributed by atoms with E-state index in [4.69, 9.17) is 0 Å². The molecule has 0 radical (unpaired) electrons. The van der Waals surface area contributed by atoms with Gasteiger partial charge >= 0.3 is 0 Å². The van der Waals surface area contributed by atoms with E-state index in [1.165, 1.54) is 39.6 Å².